The highest BCUT2D eigenvalue weighted by Crippen LogP contribution is 2.01. The summed E-state index contributed by atoms with van der Waals surface area (Å²) in [5.74, 6) is 1.17. The summed E-state index contributed by atoms with van der Waals surface area (Å²) >= 11 is 0. The van der Waals surface area contributed by atoms with Gasteiger partial charge in [0.2, 0.25) is 0 Å². The molecular formula is C11H16N4. The predicted molar refractivity (Wildman–Crippen MR) is 58.4 cm³/mol. The number of hydrogen-bond donors (Lipinski definition) is 0. The van der Waals surface area contributed by atoms with Crippen LogP contribution in [0.15, 0.2) is 30.9 Å². The van der Waals surface area contributed by atoms with Crippen molar-refractivity contribution in [1.82, 2.24) is 19.3 Å². The molecule has 4 nitrogen and oxygen atoms in total. The minimum atomic E-state index is 0.903. The first kappa shape index (κ1) is 9.96. The van der Waals surface area contributed by atoms with Gasteiger partial charge in [-0.05, 0) is 12.5 Å². The van der Waals surface area contributed by atoms with Crippen LogP contribution < -0.4 is 0 Å². The van der Waals surface area contributed by atoms with Crippen molar-refractivity contribution in [3.8, 4) is 0 Å². The van der Waals surface area contributed by atoms with Gasteiger partial charge in [0.05, 0.1) is 6.54 Å². The molecule has 80 valence electrons. The molecule has 2 rings (SSSR count). The number of imidazole rings is 1. The van der Waals surface area contributed by atoms with Gasteiger partial charge < -0.3 is 4.57 Å². The van der Waals surface area contributed by atoms with Crippen molar-refractivity contribution in [2.75, 3.05) is 0 Å². The molecule has 0 aliphatic heterocycles. The van der Waals surface area contributed by atoms with Gasteiger partial charge >= 0.3 is 0 Å². The first-order valence-electron chi connectivity index (χ1n) is 5.37. The first-order chi connectivity index (χ1) is 7.40. The maximum absolute atomic E-state index is 4.34. The molecule has 4 heteroatoms. The average molecular weight is 204 g/mol. The Labute approximate surface area is 89.6 Å². The maximum Gasteiger partial charge on any atom is 0.108 e. The van der Waals surface area contributed by atoms with Gasteiger partial charge in [-0.3, -0.25) is 4.68 Å². The van der Waals surface area contributed by atoms with Crippen LogP contribution in [0.3, 0.4) is 0 Å². The van der Waals surface area contributed by atoms with Gasteiger partial charge in [0.1, 0.15) is 5.82 Å². The maximum atomic E-state index is 4.34. The third-order valence-corrected chi connectivity index (χ3v) is 2.40. The van der Waals surface area contributed by atoms with E-state index in [1.165, 1.54) is 5.82 Å². The topological polar surface area (TPSA) is 35.6 Å². The van der Waals surface area contributed by atoms with Crippen LogP contribution in [0.25, 0.3) is 0 Å². The Morgan fingerprint density at radius 3 is 2.87 bits per heavy atom. The molecule has 0 radical (unpaired) electrons. The molecule has 0 saturated heterocycles. The summed E-state index contributed by atoms with van der Waals surface area (Å²) in [7, 11) is 0. The summed E-state index contributed by atoms with van der Waals surface area (Å²) in [6, 6.07) is 1.95. The summed E-state index contributed by atoms with van der Waals surface area (Å²) in [6.45, 7) is 4.02. The molecule has 0 unspecified atom stereocenters. The zero-order valence-corrected chi connectivity index (χ0v) is 9.00. The SMILES string of the molecule is CCCc1nccn1CCn1cccn1. The van der Waals surface area contributed by atoms with Crippen LogP contribution in [0.4, 0.5) is 0 Å². The highest BCUT2D eigenvalue weighted by molar-refractivity contribution is 4.92. The second-order valence-corrected chi connectivity index (χ2v) is 3.56. The monoisotopic (exact) mass is 204 g/mol. The second kappa shape index (κ2) is 4.77. The van der Waals surface area contributed by atoms with E-state index in [1.807, 2.05) is 29.3 Å². The summed E-state index contributed by atoms with van der Waals surface area (Å²) in [4.78, 5) is 4.34. The zero-order chi connectivity index (χ0) is 10.5. The molecule has 0 aliphatic carbocycles. The minimum Gasteiger partial charge on any atom is -0.333 e. The van der Waals surface area contributed by atoms with Crippen LogP contribution in [-0.4, -0.2) is 19.3 Å². The fraction of sp³-hybridized carbons (Fsp3) is 0.455. The fourth-order valence-corrected chi connectivity index (χ4v) is 1.64. The lowest BCUT2D eigenvalue weighted by Gasteiger charge is -2.06. The van der Waals surface area contributed by atoms with Gasteiger partial charge in [-0.1, -0.05) is 6.92 Å². The molecule has 2 aromatic rings. The summed E-state index contributed by atoms with van der Waals surface area (Å²) < 4.78 is 4.14. The molecule has 2 aromatic heterocycles. The van der Waals surface area contributed by atoms with Crippen LogP contribution in [0.5, 0.6) is 0 Å². The molecule has 0 atom stereocenters. The quantitative estimate of drug-likeness (QED) is 0.743. The molecule has 0 aliphatic rings. The summed E-state index contributed by atoms with van der Waals surface area (Å²) in [5, 5.41) is 4.17. The highest BCUT2D eigenvalue weighted by Gasteiger charge is 2.01. The predicted octanol–water partition coefficient (Wildman–Crippen LogP) is 1.73. The van der Waals surface area contributed by atoms with E-state index in [0.717, 1.165) is 25.9 Å². The van der Waals surface area contributed by atoms with Gasteiger partial charge in [-0.2, -0.15) is 5.10 Å². The Morgan fingerprint density at radius 2 is 2.13 bits per heavy atom. The third kappa shape index (κ3) is 2.46. The van der Waals surface area contributed by atoms with Crippen molar-refractivity contribution in [1.29, 1.82) is 0 Å². The number of aryl methyl sites for hydroxylation is 3. The average Bonchev–Trinajstić information content (AvgIpc) is 2.85. The van der Waals surface area contributed by atoms with E-state index in [0.29, 0.717) is 0 Å². The van der Waals surface area contributed by atoms with Crippen molar-refractivity contribution < 1.29 is 0 Å². The smallest absolute Gasteiger partial charge is 0.108 e. The van der Waals surface area contributed by atoms with Gasteiger partial charge in [-0.15, -0.1) is 0 Å². The Bertz CT molecular complexity index is 388. The van der Waals surface area contributed by atoms with E-state index in [2.05, 4.69) is 21.6 Å². The molecule has 0 spiro atoms. The van der Waals surface area contributed by atoms with Crippen LogP contribution in [-0.2, 0) is 19.5 Å². The van der Waals surface area contributed by atoms with Gasteiger partial charge in [0.25, 0.3) is 0 Å². The Morgan fingerprint density at radius 1 is 1.20 bits per heavy atom. The normalized spacial score (nSPS) is 10.7. The Balaban J connectivity index is 1.95. The van der Waals surface area contributed by atoms with E-state index >= 15 is 0 Å². The van der Waals surface area contributed by atoms with Crippen LogP contribution in [0.2, 0.25) is 0 Å². The van der Waals surface area contributed by atoms with E-state index in [1.54, 1.807) is 6.20 Å². The van der Waals surface area contributed by atoms with E-state index < -0.39 is 0 Å². The van der Waals surface area contributed by atoms with Crippen molar-refractivity contribution in [2.45, 2.75) is 32.9 Å². The summed E-state index contributed by atoms with van der Waals surface area (Å²) in [5.41, 5.74) is 0. The summed E-state index contributed by atoms with van der Waals surface area (Å²) in [6.07, 6.45) is 9.88. The third-order valence-electron chi connectivity index (χ3n) is 2.40. The number of rotatable bonds is 5. The standard InChI is InChI=1S/C11H16N4/c1-2-4-11-12-6-8-14(11)9-10-15-7-3-5-13-15/h3,5-8H,2,4,9-10H2,1H3. The minimum absolute atomic E-state index is 0.903. The molecule has 0 aromatic carbocycles. The Hall–Kier alpha value is -1.58. The van der Waals surface area contributed by atoms with Gasteiger partial charge in [-0.25, -0.2) is 4.98 Å². The molecule has 0 N–H and O–H groups in total. The molecule has 0 amide bonds. The number of hydrogen-bond acceptors (Lipinski definition) is 2. The molecule has 2 heterocycles. The second-order valence-electron chi connectivity index (χ2n) is 3.56. The van der Waals surface area contributed by atoms with Gasteiger partial charge in [0.15, 0.2) is 0 Å². The van der Waals surface area contributed by atoms with Crippen LogP contribution in [0, 0.1) is 0 Å². The lowest BCUT2D eigenvalue weighted by molar-refractivity contribution is 0.518. The van der Waals surface area contributed by atoms with Crippen molar-refractivity contribution in [3.63, 3.8) is 0 Å². The zero-order valence-electron chi connectivity index (χ0n) is 9.00. The molecule has 15 heavy (non-hydrogen) atoms. The lowest BCUT2D eigenvalue weighted by Crippen LogP contribution is -2.09. The molecule has 0 saturated carbocycles. The van der Waals surface area contributed by atoms with E-state index in [4.69, 9.17) is 0 Å². The molecule has 0 bridgehead atoms. The molecule has 0 fully saturated rings. The van der Waals surface area contributed by atoms with Crippen LogP contribution >= 0.6 is 0 Å². The van der Waals surface area contributed by atoms with Crippen LogP contribution in [0.1, 0.15) is 19.2 Å². The van der Waals surface area contributed by atoms with Gasteiger partial charge in [0, 0.05) is 37.8 Å². The number of nitrogens with zero attached hydrogens (tertiary/aromatic N) is 4. The van der Waals surface area contributed by atoms with Crippen molar-refractivity contribution in [3.05, 3.63) is 36.7 Å². The number of aromatic nitrogens is 4. The lowest BCUT2D eigenvalue weighted by atomic mass is 10.3. The fourth-order valence-electron chi connectivity index (χ4n) is 1.64. The Kier molecular flexibility index (Phi) is 3.17. The highest BCUT2D eigenvalue weighted by atomic mass is 15.3. The van der Waals surface area contributed by atoms with E-state index in [-0.39, 0.29) is 0 Å². The largest absolute Gasteiger partial charge is 0.333 e. The van der Waals surface area contributed by atoms with E-state index in [9.17, 15) is 0 Å². The van der Waals surface area contributed by atoms with Crippen molar-refractivity contribution >= 4 is 0 Å². The molecular weight excluding hydrogens is 188 g/mol. The van der Waals surface area contributed by atoms with Crippen molar-refractivity contribution in [2.24, 2.45) is 0 Å². The first-order valence-corrected chi connectivity index (χ1v) is 5.37.